The Hall–Kier alpha value is -1.63. The monoisotopic (exact) mass is 309 g/mol. The molecule has 1 aliphatic heterocycles. The van der Waals surface area contributed by atoms with Crippen molar-refractivity contribution in [3.05, 3.63) is 16.4 Å². The van der Waals surface area contributed by atoms with E-state index in [4.69, 9.17) is 0 Å². The van der Waals surface area contributed by atoms with Crippen molar-refractivity contribution in [3.8, 4) is 0 Å². The first kappa shape index (κ1) is 16.7. The van der Waals surface area contributed by atoms with Crippen LogP contribution >= 0.6 is 0 Å². The van der Waals surface area contributed by atoms with Crippen LogP contribution in [0.4, 0.5) is 11.6 Å². The van der Waals surface area contributed by atoms with Crippen LogP contribution in [-0.4, -0.2) is 45.1 Å². The molecule has 0 aromatic carbocycles. The van der Waals surface area contributed by atoms with Crippen molar-refractivity contribution in [1.29, 1.82) is 0 Å². The van der Waals surface area contributed by atoms with E-state index in [-0.39, 0.29) is 5.82 Å². The van der Waals surface area contributed by atoms with E-state index < -0.39 is 4.92 Å². The molecule has 0 amide bonds. The minimum absolute atomic E-state index is 0.0964. The number of nitro groups is 1. The smallest absolute Gasteiger partial charge is 0.363 e. The highest BCUT2D eigenvalue weighted by atomic mass is 16.6. The molecule has 1 N–H and O–H groups in total. The maximum absolute atomic E-state index is 11.0. The average molecular weight is 309 g/mol. The Morgan fingerprint density at radius 3 is 2.50 bits per heavy atom. The fraction of sp³-hybridized carbons (Fsp3) is 0.800. The molecule has 1 unspecified atom stereocenters. The minimum atomic E-state index is -0.432. The normalized spacial score (nSPS) is 18.2. The van der Waals surface area contributed by atoms with Gasteiger partial charge >= 0.3 is 5.82 Å². The first-order valence-electron chi connectivity index (χ1n) is 8.14. The second-order valence-electron chi connectivity index (χ2n) is 6.43. The van der Waals surface area contributed by atoms with Gasteiger partial charge in [0.15, 0.2) is 0 Å². The molecule has 1 fully saturated rings. The van der Waals surface area contributed by atoms with E-state index in [1.54, 1.807) is 11.6 Å². The summed E-state index contributed by atoms with van der Waals surface area (Å²) in [5.74, 6) is 0.893. The SMILES string of the molecule is CC(C)C(CNc1c([N+](=O)[O-])ncn1C)N1CCCCCC1. The molecule has 124 valence electrons. The number of nitrogens with one attached hydrogen (secondary N) is 1. The van der Waals surface area contributed by atoms with Crippen LogP contribution in [0.5, 0.6) is 0 Å². The standard InChI is InChI=1S/C15H27N5O2/c1-12(2)13(19-8-6-4-5-7-9-19)10-16-14-15(20(21)22)17-11-18(14)3/h11-13,16H,4-10H2,1-3H3. The summed E-state index contributed by atoms with van der Waals surface area (Å²) in [4.78, 5) is 17.0. The molecule has 1 aliphatic rings. The van der Waals surface area contributed by atoms with Crippen molar-refractivity contribution in [2.75, 3.05) is 25.0 Å². The fourth-order valence-corrected chi connectivity index (χ4v) is 3.17. The highest BCUT2D eigenvalue weighted by Gasteiger charge is 2.25. The minimum Gasteiger partial charge on any atom is -0.363 e. The van der Waals surface area contributed by atoms with E-state index in [1.807, 2.05) is 0 Å². The zero-order valence-corrected chi connectivity index (χ0v) is 13.8. The van der Waals surface area contributed by atoms with Crippen molar-refractivity contribution < 1.29 is 4.92 Å². The van der Waals surface area contributed by atoms with E-state index >= 15 is 0 Å². The van der Waals surface area contributed by atoms with Crippen molar-refractivity contribution in [2.24, 2.45) is 13.0 Å². The van der Waals surface area contributed by atoms with Crippen LogP contribution in [-0.2, 0) is 7.05 Å². The second kappa shape index (κ2) is 7.58. The predicted octanol–water partition coefficient (Wildman–Crippen LogP) is 2.64. The highest BCUT2D eigenvalue weighted by Crippen LogP contribution is 2.23. The van der Waals surface area contributed by atoms with E-state index in [2.05, 4.69) is 29.0 Å². The number of rotatable bonds is 6. The van der Waals surface area contributed by atoms with E-state index in [1.165, 1.54) is 32.0 Å². The predicted molar refractivity (Wildman–Crippen MR) is 87.0 cm³/mol. The van der Waals surface area contributed by atoms with Gasteiger partial charge in [-0.15, -0.1) is 0 Å². The third-order valence-corrected chi connectivity index (χ3v) is 4.45. The summed E-state index contributed by atoms with van der Waals surface area (Å²) in [5, 5.41) is 14.3. The molecular formula is C15H27N5O2. The highest BCUT2D eigenvalue weighted by molar-refractivity contribution is 5.52. The van der Waals surface area contributed by atoms with E-state index in [9.17, 15) is 10.1 Å². The average Bonchev–Trinajstić information content (AvgIpc) is 2.67. The third-order valence-electron chi connectivity index (χ3n) is 4.45. The Bertz CT molecular complexity index is 492. The van der Waals surface area contributed by atoms with Gasteiger partial charge in [-0.3, -0.25) is 9.47 Å². The lowest BCUT2D eigenvalue weighted by Gasteiger charge is -2.33. The molecule has 22 heavy (non-hydrogen) atoms. The van der Waals surface area contributed by atoms with Gasteiger partial charge in [0.2, 0.25) is 12.1 Å². The Morgan fingerprint density at radius 1 is 1.32 bits per heavy atom. The third kappa shape index (κ3) is 3.97. The molecule has 1 saturated heterocycles. The Labute approximate surface area is 131 Å². The molecule has 1 aromatic heterocycles. The molecule has 7 nitrogen and oxygen atoms in total. The topological polar surface area (TPSA) is 76.2 Å². The Kier molecular flexibility index (Phi) is 5.76. The van der Waals surface area contributed by atoms with E-state index in [0.29, 0.717) is 24.3 Å². The zero-order valence-electron chi connectivity index (χ0n) is 13.8. The number of aryl methyl sites for hydroxylation is 1. The molecule has 1 atom stereocenters. The molecule has 7 heteroatoms. The molecule has 0 saturated carbocycles. The van der Waals surface area contributed by atoms with Crippen LogP contribution < -0.4 is 5.32 Å². The number of hydrogen-bond donors (Lipinski definition) is 1. The number of likely N-dealkylation sites (tertiary alicyclic amines) is 1. The number of imidazole rings is 1. The van der Waals surface area contributed by atoms with Gasteiger partial charge in [-0.05, 0) is 41.8 Å². The summed E-state index contributed by atoms with van der Waals surface area (Å²) >= 11 is 0. The van der Waals surface area contributed by atoms with Crippen LogP contribution in [0.1, 0.15) is 39.5 Å². The first-order valence-corrected chi connectivity index (χ1v) is 8.14. The molecule has 0 radical (unpaired) electrons. The van der Waals surface area contributed by atoms with Crippen LogP contribution in [0.15, 0.2) is 6.33 Å². The zero-order chi connectivity index (χ0) is 16.1. The molecule has 0 spiro atoms. The fourth-order valence-electron chi connectivity index (χ4n) is 3.17. The quantitative estimate of drug-likeness (QED) is 0.646. The number of anilines is 1. The van der Waals surface area contributed by atoms with Gasteiger partial charge < -0.3 is 15.4 Å². The summed E-state index contributed by atoms with van der Waals surface area (Å²) in [7, 11) is 1.78. The van der Waals surface area contributed by atoms with Gasteiger partial charge in [0.1, 0.15) is 0 Å². The van der Waals surface area contributed by atoms with Crippen LogP contribution in [0.3, 0.4) is 0 Å². The van der Waals surface area contributed by atoms with Gasteiger partial charge in [0.25, 0.3) is 0 Å². The molecule has 1 aromatic rings. The lowest BCUT2D eigenvalue weighted by molar-refractivity contribution is -0.388. The Balaban J connectivity index is 2.05. The van der Waals surface area contributed by atoms with Gasteiger partial charge in [0.05, 0.1) is 0 Å². The summed E-state index contributed by atoms with van der Waals surface area (Å²) in [6.45, 7) is 7.39. The summed E-state index contributed by atoms with van der Waals surface area (Å²) < 4.78 is 1.68. The van der Waals surface area contributed by atoms with Gasteiger partial charge in [-0.25, -0.2) is 0 Å². The number of hydrogen-bond acceptors (Lipinski definition) is 5. The van der Waals surface area contributed by atoms with Gasteiger partial charge in [-0.2, -0.15) is 0 Å². The lowest BCUT2D eigenvalue weighted by atomic mass is 10.0. The summed E-state index contributed by atoms with van der Waals surface area (Å²) in [6, 6.07) is 0.382. The second-order valence-corrected chi connectivity index (χ2v) is 6.43. The van der Waals surface area contributed by atoms with Crippen LogP contribution in [0.2, 0.25) is 0 Å². The maximum atomic E-state index is 11.0. The van der Waals surface area contributed by atoms with Gasteiger partial charge in [-0.1, -0.05) is 26.7 Å². The molecule has 2 rings (SSSR count). The van der Waals surface area contributed by atoms with Crippen molar-refractivity contribution >= 4 is 11.6 Å². The largest absolute Gasteiger partial charge is 0.406 e. The molecule has 0 bridgehead atoms. The first-order chi connectivity index (χ1) is 10.5. The van der Waals surface area contributed by atoms with Crippen molar-refractivity contribution in [1.82, 2.24) is 14.5 Å². The molecule has 2 heterocycles. The number of nitrogens with zero attached hydrogens (tertiary/aromatic N) is 4. The number of aromatic nitrogens is 2. The van der Waals surface area contributed by atoms with Crippen LogP contribution in [0.25, 0.3) is 0 Å². The summed E-state index contributed by atoms with van der Waals surface area (Å²) in [6.07, 6.45) is 6.59. The lowest BCUT2D eigenvalue weighted by Crippen LogP contribution is -2.44. The van der Waals surface area contributed by atoms with Gasteiger partial charge in [0, 0.05) is 19.6 Å². The van der Waals surface area contributed by atoms with E-state index in [0.717, 1.165) is 13.1 Å². The summed E-state index contributed by atoms with van der Waals surface area (Å²) in [5.41, 5.74) is 0. The maximum Gasteiger partial charge on any atom is 0.406 e. The van der Waals surface area contributed by atoms with Crippen molar-refractivity contribution in [2.45, 2.75) is 45.6 Å². The molecular weight excluding hydrogens is 282 g/mol. The molecule has 0 aliphatic carbocycles. The van der Waals surface area contributed by atoms with Crippen LogP contribution in [0, 0.1) is 16.0 Å². The Morgan fingerprint density at radius 2 is 1.95 bits per heavy atom. The van der Waals surface area contributed by atoms with Crippen molar-refractivity contribution in [3.63, 3.8) is 0 Å².